The molecule has 1 heterocycles. The highest BCUT2D eigenvalue weighted by Gasteiger charge is 2.16. The molecule has 0 saturated heterocycles. The first kappa shape index (κ1) is 12.7. The fraction of sp³-hybridized carbons (Fsp3) is 0.250. The van der Waals surface area contributed by atoms with Gasteiger partial charge >= 0.3 is 0 Å². The van der Waals surface area contributed by atoms with Crippen LogP contribution in [0, 0.1) is 0 Å². The minimum Gasteiger partial charge on any atom is -0.392 e. The zero-order valence-electron chi connectivity index (χ0n) is 7.71. The first-order valence-corrected chi connectivity index (χ1v) is 5.95. The molecule has 3 nitrogen and oxygen atoms in total. The molecule has 3 N–H and O–H groups in total. The summed E-state index contributed by atoms with van der Waals surface area (Å²) in [6.45, 7) is 1.70. The third-order valence-corrected chi connectivity index (χ3v) is 3.52. The first-order valence-electron chi connectivity index (χ1n) is 3.97. The van der Waals surface area contributed by atoms with E-state index in [1.165, 1.54) is 6.07 Å². The number of nitrogens with one attached hydrogen (secondary N) is 1. The van der Waals surface area contributed by atoms with Gasteiger partial charge in [0.25, 0.3) is 5.91 Å². The van der Waals surface area contributed by atoms with Crippen molar-refractivity contribution in [1.29, 1.82) is 0 Å². The van der Waals surface area contributed by atoms with E-state index in [9.17, 15) is 4.79 Å². The maximum Gasteiger partial charge on any atom is 0.254 e. The highest BCUT2D eigenvalue weighted by atomic mass is 35.5. The Labute approximate surface area is 107 Å². The molecule has 1 unspecified atom stereocenters. The zero-order valence-corrected chi connectivity index (χ0v) is 10.9. The molecule has 0 radical (unpaired) electrons. The average molecular weight is 283 g/mol. The lowest BCUT2D eigenvalue weighted by atomic mass is 10.3. The molecule has 0 aliphatic carbocycles. The third kappa shape index (κ3) is 3.31. The summed E-state index contributed by atoms with van der Waals surface area (Å²) in [5.74, 6) is -0.330. The van der Waals surface area contributed by atoms with E-state index in [1.54, 1.807) is 6.92 Å². The van der Waals surface area contributed by atoms with Gasteiger partial charge in [0.15, 0.2) is 0 Å². The molecule has 0 aliphatic rings. The molecular formula is C8H8Cl2N2OS2. The molecule has 1 amide bonds. The topological polar surface area (TPSA) is 55.1 Å². The highest BCUT2D eigenvalue weighted by Crippen LogP contribution is 2.30. The van der Waals surface area contributed by atoms with Gasteiger partial charge in [-0.05, 0) is 13.0 Å². The van der Waals surface area contributed by atoms with Crippen molar-refractivity contribution in [3.8, 4) is 0 Å². The standard InChI is InChI=1S/C8H8Cl2N2OS2/c1-3(7(11)14)12-8(13)4-2-5(9)15-6(4)10/h2-3H,1H3,(H2,11,14)(H,12,13). The van der Waals surface area contributed by atoms with E-state index in [0.29, 0.717) is 14.2 Å². The van der Waals surface area contributed by atoms with E-state index >= 15 is 0 Å². The summed E-state index contributed by atoms with van der Waals surface area (Å²) in [5, 5.41) is 2.61. The molecule has 1 rings (SSSR count). The van der Waals surface area contributed by atoms with Gasteiger partial charge in [-0.3, -0.25) is 4.79 Å². The smallest absolute Gasteiger partial charge is 0.254 e. The van der Waals surface area contributed by atoms with Crippen LogP contribution < -0.4 is 11.1 Å². The summed E-state index contributed by atoms with van der Waals surface area (Å²) < 4.78 is 0.820. The second kappa shape index (κ2) is 5.12. The summed E-state index contributed by atoms with van der Waals surface area (Å²) in [6.07, 6.45) is 0. The van der Waals surface area contributed by atoms with Crippen LogP contribution in [0.25, 0.3) is 0 Å². The fourth-order valence-corrected chi connectivity index (χ4v) is 2.36. The number of halogens is 2. The van der Waals surface area contributed by atoms with Crippen LogP contribution in [0.1, 0.15) is 17.3 Å². The van der Waals surface area contributed by atoms with E-state index in [0.717, 1.165) is 11.3 Å². The Morgan fingerprint density at radius 2 is 2.27 bits per heavy atom. The van der Waals surface area contributed by atoms with Gasteiger partial charge in [0, 0.05) is 0 Å². The Kier molecular flexibility index (Phi) is 4.33. The lowest BCUT2D eigenvalue weighted by molar-refractivity contribution is 0.0950. The van der Waals surface area contributed by atoms with Crippen LogP contribution in [-0.4, -0.2) is 16.9 Å². The van der Waals surface area contributed by atoms with Crippen molar-refractivity contribution in [3.05, 3.63) is 20.3 Å². The van der Waals surface area contributed by atoms with Crippen molar-refractivity contribution in [2.45, 2.75) is 13.0 Å². The number of carbonyl (C=O) groups is 1. The molecule has 7 heteroatoms. The average Bonchev–Trinajstić information content (AvgIpc) is 2.44. The molecule has 0 aromatic carbocycles. The number of rotatable bonds is 3. The highest BCUT2D eigenvalue weighted by molar-refractivity contribution is 7.80. The van der Waals surface area contributed by atoms with Gasteiger partial charge in [0.1, 0.15) is 4.34 Å². The molecular weight excluding hydrogens is 275 g/mol. The zero-order chi connectivity index (χ0) is 11.6. The summed E-state index contributed by atoms with van der Waals surface area (Å²) >= 11 is 17.4. The van der Waals surface area contributed by atoms with Gasteiger partial charge in [-0.25, -0.2) is 0 Å². The monoisotopic (exact) mass is 282 g/mol. The largest absolute Gasteiger partial charge is 0.392 e. The van der Waals surface area contributed by atoms with Crippen molar-refractivity contribution < 1.29 is 4.79 Å². The quantitative estimate of drug-likeness (QED) is 0.838. The van der Waals surface area contributed by atoms with Crippen LogP contribution >= 0.6 is 46.8 Å². The van der Waals surface area contributed by atoms with Crippen LogP contribution in [-0.2, 0) is 0 Å². The molecule has 0 spiro atoms. The number of carbonyl (C=O) groups excluding carboxylic acids is 1. The first-order chi connectivity index (χ1) is 6.91. The summed E-state index contributed by atoms with van der Waals surface area (Å²) in [6, 6.07) is 1.14. The van der Waals surface area contributed by atoms with Gasteiger partial charge in [-0.1, -0.05) is 35.4 Å². The third-order valence-electron chi connectivity index (χ3n) is 1.68. The van der Waals surface area contributed by atoms with E-state index in [-0.39, 0.29) is 16.9 Å². The van der Waals surface area contributed by atoms with E-state index in [4.69, 9.17) is 41.2 Å². The molecule has 0 saturated carbocycles. The minimum atomic E-state index is -0.373. The molecule has 1 aromatic heterocycles. The van der Waals surface area contributed by atoms with Gasteiger partial charge in [-0.15, -0.1) is 11.3 Å². The van der Waals surface area contributed by atoms with Crippen LogP contribution in [0.15, 0.2) is 6.07 Å². The lowest BCUT2D eigenvalue weighted by Crippen LogP contribution is -2.41. The predicted molar refractivity (Wildman–Crippen MR) is 68.1 cm³/mol. The van der Waals surface area contributed by atoms with Crippen molar-refractivity contribution in [1.82, 2.24) is 5.32 Å². The lowest BCUT2D eigenvalue weighted by Gasteiger charge is -2.11. The van der Waals surface area contributed by atoms with Crippen LogP contribution in [0.3, 0.4) is 0 Å². The van der Waals surface area contributed by atoms with Crippen LogP contribution in [0.5, 0.6) is 0 Å². The molecule has 15 heavy (non-hydrogen) atoms. The van der Waals surface area contributed by atoms with E-state index in [1.807, 2.05) is 0 Å². The van der Waals surface area contributed by atoms with Crippen molar-refractivity contribution in [2.24, 2.45) is 5.73 Å². The van der Waals surface area contributed by atoms with E-state index in [2.05, 4.69) is 5.32 Å². The van der Waals surface area contributed by atoms with Gasteiger partial charge < -0.3 is 11.1 Å². The Morgan fingerprint density at radius 3 is 2.67 bits per heavy atom. The molecule has 0 bridgehead atoms. The maximum atomic E-state index is 11.6. The second-order valence-electron chi connectivity index (χ2n) is 2.84. The van der Waals surface area contributed by atoms with Gasteiger partial charge in [0.2, 0.25) is 0 Å². The SMILES string of the molecule is CC(NC(=O)c1cc(Cl)sc1Cl)C(N)=S. The van der Waals surface area contributed by atoms with Gasteiger partial charge in [-0.2, -0.15) is 0 Å². The molecule has 0 fully saturated rings. The normalized spacial score (nSPS) is 12.2. The van der Waals surface area contributed by atoms with Crippen molar-refractivity contribution >= 4 is 57.7 Å². The molecule has 1 atom stereocenters. The summed E-state index contributed by atoms with van der Waals surface area (Å²) in [5.41, 5.74) is 5.71. The number of thiophene rings is 1. The van der Waals surface area contributed by atoms with E-state index < -0.39 is 0 Å². The molecule has 82 valence electrons. The van der Waals surface area contributed by atoms with Gasteiger partial charge in [0.05, 0.1) is 20.9 Å². The van der Waals surface area contributed by atoms with Crippen molar-refractivity contribution in [3.63, 3.8) is 0 Å². The minimum absolute atomic E-state index is 0.223. The Morgan fingerprint density at radius 1 is 1.67 bits per heavy atom. The van der Waals surface area contributed by atoms with Crippen LogP contribution in [0.4, 0.5) is 0 Å². The Bertz CT molecular complexity index is 405. The predicted octanol–water partition coefficient (Wildman–Crippen LogP) is 2.46. The fourth-order valence-electron chi connectivity index (χ4n) is 0.841. The number of thiocarbonyl (C=S) groups is 1. The number of hydrogen-bond acceptors (Lipinski definition) is 3. The number of amides is 1. The number of hydrogen-bond donors (Lipinski definition) is 2. The summed E-state index contributed by atoms with van der Waals surface area (Å²) in [4.78, 5) is 11.9. The maximum absolute atomic E-state index is 11.6. The Hall–Kier alpha value is -0.360. The Balaban J connectivity index is 2.77. The molecule has 0 aliphatic heterocycles. The second-order valence-corrected chi connectivity index (χ2v) is 5.59. The molecule has 1 aromatic rings. The van der Waals surface area contributed by atoms with Crippen molar-refractivity contribution in [2.75, 3.05) is 0 Å². The summed E-state index contributed by atoms with van der Waals surface area (Å²) in [7, 11) is 0. The van der Waals surface area contributed by atoms with Crippen LogP contribution in [0.2, 0.25) is 8.67 Å². The number of nitrogens with two attached hydrogens (primary N) is 1.